The van der Waals surface area contributed by atoms with Crippen molar-refractivity contribution >= 4 is 0 Å². The van der Waals surface area contributed by atoms with Crippen LogP contribution >= 0.6 is 0 Å². The molecule has 0 saturated heterocycles. The average Bonchev–Trinajstić information content (AvgIpc) is 2.36. The molecule has 1 unspecified atom stereocenters. The zero-order valence-electron chi connectivity index (χ0n) is 9.35. The number of aliphatic hydroxyl groups is 1. The van der Waals surface area contributed by atoms with Crippen LogP contribution in [0.3, 0.4) is 0 Å². The topological polar surface area (TPSA) is 20.2 Å². The molecule has 1 nitrogen and oxygen atoms in total. The highest BCUT2D eigenvalue weighted by molar-refractivity contribution is 5.51. The summed E-state index contributed by atoms with van der Waals surface area (Å²) in [5.74, 6) is 6.32. The molecule has 1 heteroatoms. The molecule has 0 bridgehead atoms. The lowest BCUT2D eigenvalue weighted by Crippen LogP contribution is -2.07. The number of benzene rings is 2. The summed E-state index contributed by atoms with van der Waals surface area (Å²) < 4.78 is 0. The highest BCUT2D eigenvalue weighted by Gasteiger charge is 2.15. The third-order valence-electron chi connectivity index (χ3n) is 3.08. The first-order chi connectivity index (χ1) is 8.34. The summed E-state index contributed by atoms with van der Waals surface area (Å²) >= 11 is 0. The van der Waals surface area contributed by atoms with Crippen molar-refractivity contribution in [2.75, 3.05) is 0 Å². The second kappa shape index (κ2) is 5.08. The second-order valence-electron chi connectivity index (χ2n) is 4.21. The Labute approximate surface area is 108 Å². The molecular formula is C17H16O. The monoisotopic (exact) mass is 236 g/mol. The van der Waals surface area contributed by atoms with Gasteiger partial charge in [0.2, 0.25) is 0 Å². The quantitative estimate of drug-likeness (QED) is 0.696. The zero-order chi connectivity index (χ0) is 11.7. The maximum Gasteiger partial charge on any atom is 0.0842 e. The molecule has 0 aliphatic heterocycles. The fourth-order valence-corrected chi connectivity index (χ4v) is 2.17. The van der Waals surface area contributed by atoms with Gasteiger partial charge >= 0.3 is 0 Å². The summed E-state index contributed by atoms with van der Waals surface area (Å²) in [5, 5.41) is 10.2. The Morgan fingerprint density at radius 2 is 1.50 bits per heavy atom. The Morgan fingerprint density at radius 1 is 0.889 bits per heavy atom. The van der Waals surface area contributed by atoms with E-state index in [0.29, 0.717) is 6.42 Å². The van der Waals surface area contributed by atoms with Gasteiger partial charge in [-0.1, -0.05) is 55.7 Å². The largest absolute Gasteiger partial charge is 0.388 e. The van der Waals surface area contributed by atoms with Gasteiger partial charge in [-0.15, -0.1) is 0 Å². The first-order valence-corrected chi connectivity index (χ1v) is 5.71. The molecule has 0 aromatic heterocycles. The number of aliphatic hydroxyl groups excluding tert-OH is 1. The summed E-state index contributed by atoms with van der Waals surface area (Å²) in [4.78, 5) is 0. The second-order valence-corrected chi connectivity index (χ2v) is 4.21. The lowest BCUT2D eigenvalue weighted by molar-refractivity contribution is 0.178. The van der Waals surface area contributed by atoms with Gasteiger partial charge in [-0.3, -0.25) is 0 Å². The highest BCUT2D eigenvalue weighted by atomic mass is 16.3. The smallest absolute Gasteiger partial charge is 0.0842 e. The van der Waals surface area contributed by atoms with Crippen LogP contribution in [0.15, 0.2) is 48.5 Å². The molecule has 0 radical (unpaired) electrons. The van der Waals surface area contributed by atoms with Crippen molar-refractivity contribution in [1.29, 1.82) is 0 Å². The summed E-state index contributed by atoms with van der Waals surface area (Å²) in [6, 6.07) is 15.8. The van der Waals surface area contributed by atoms with Crippen molar-refractivity contribution in [2.45, 2.75) is 20.0 Å². The molecule has 0 amide bonds. The van der Waals surface area contributed by atoms with E-state index in [1.54, 1.807) is 0 Å². The molecule has 0 spiro atoms. The normalized spacial score (nSPS) is 15.9. The standard InChI is InChI=1S/C16H12O.CH4/c17-16-11-14-7-2-1-5-12(14)9-10-13-6-3-4-8-15(13)16;/h1-8,16-17H,11H2;1H4. The number of rotatable bonds is 0. The van der Waals surface area contributed by atoms with Gasteiger partial charge in [0.1, 0.15) is 0 Å². The fraction of sp³-hybridized carbons (Fsp3) is 0.176. The van der Waals surface area contributed by atoms with Gasteiger partial charge in [-0.2, -0.15) is 0 Å². The van der Waals surface area contributed by atoms with E-state index in [-0.39, 0.29) is 7.43 Å². The van der Waals surface area contributed by atoms with Crippen LogP contribution in [0.4, 0.5) is 0 Å². The zero-order valence-corrected chi connectivity index (χ0v) is 9.35. The van der Waals surface area contributed by atoms with Crippen molar-refractivity contribution in [2.24, 2.45) is 0 Å². The predicted octanol–water partition coefficient (Wildman–Crippen LogP) is 3.31. The summed E-state index contributed by atoms with van der Waals surface area (Å²) in [7, 11) is 0. The van der Waals surface area contributed by atoms with Crippen LogP contribution < -0.4 is 0 Å². The Morgan fingerprint density at radius 3 is 2.33 bits per heavy atom. The average molecular weight is 236 g/mol. The first kappa shape index (κ1) is 12.4. The van der Waals surface area contributed by atoms with Gasteiger partial charge in [0.05, 0.1) is 6.10 Å². The Kier molecular flexibility index (Phi) is 3.50. The van der Waals surface area contributed by atoms with Gasteiger partial charge in [0.15, 0.2) is 0 Å². The Balaban J connectivity index is 0.00000120. The number of hydrogen-bond donors (Lipinski definition) is 1. The van der Waals surface area contributed by atoms with Crippen LogP contribution in [0.25, 0.3) is 0 Å². The molecule has 1 aliphatic carbocycles. The number of fused-ring (bicyclic) bond motifs is 2. The van der Waals surface area contributed by atoms with Gasteiger partial charge in [0.25, 0.3) is 0 Å². The van der Waals surface area contributed by atoms with Crippen molar-refractivity contribution < 1.29 is 5.11 Å². The third-order valence-corrected chi connectivity index (χ3v) is 3.08. The molecular weight excluding hydrogens is 220 g/mol. The van der Waals surface area contributed by atoms with Crippen LogP contribution in [0.2, 0.25) is 0 Å². The van der Waals surface area contributed by atoms with Crippen LogP contribution in [0.5, 0.6) is 0 Å². The lowest BCUT2D eigenvalue weighted by atomic mass is 9.92. The first-order valence-electron chi connectivity index (χ1n) is 5.71. The molecule has 90 valence electrons. The van der Waals surface area contributed by atoms with Gasteiger partial charge in [-0.25, -0.2) is 0 Å². The van der Waals surface area contributed by atoms with Crippen molar-refractivity contribution in [3.63, 3.8) is 0 Å². The number of hydrogen-bond acceptors (Lipinski definition) is 1. The maximum absolute atomic E-state index is 10.2. The van der Waals surface area contributed by atoms with E-state index in [1.165, 1.54) is 0 Å². The summed E-state index contributed by atoms with van der Waals surface area (Å²) in [5.41, 5.74) is 3.98. The van der Waals surface area contributed by atoms with Crippen molar-refractivity contribution in [3.05, 3.63) is 70.8 Å². The van der Waals surface area contributed by atoms with Crippen molar-refractivity contribution in [1.82, 2.24) is 0 Å². The Hall–Kier alpha value is -2.04. The van der Waals surface area contributed by atoms with E-state index in [9.17, 15) is 5.11 Å². The molecule has 1 aliphatic rings. The SMILES string of the molecule is C.OC1Cc2ccccc2C#Cc2ccccc21. The molecule has 0 saturated carbocycles. The molecule has 2 aromatic carbocycles. The van der Waals surface area contributed by atoms with E-state index in [2.05, 4.69) is 11.8 Å². The van der Waals surface area contributed by atoms with E-state index in [0.717, 1.165) is 22.3 Å². The van der Waals surface area contributed by atoms with Gasteiger partial charge in [-0.05, 0) is 23.3 Å². The van der Waals surface area contributed by atoms with Gasteiger partial charge < -0.3 is 5.11 Å². The van der Waals surface area contributed by atoms with E-state index >= 15 is 0 Å². The van der Waals surface area contributed by atoms with E-state index in [4.69, 9.17) is 0 Å². The van der Waals surface area contributed by atoms with Gasteiger partial charge in [0, 0.05) is 17.5 Å². The molecule has 18 heavy (non-hydrogen) atoms. The maximum atomic E-state index is 10.2. The minimum atomic E-state index is -0.470. The molecule has 1 atom stereocenters. The molecule has 0 heterocycles. The van der Waals surface area contributed by atoms with E-state index < -0.39 is 6.10 Å². The van der Waals surface area contributed by atoms with Crippen LogP contribution in [0.1, 0.15) is 35.8 Å². The minimum absolute atomic E-state index is 0. The Bertz CT molecular complexity index is 617. The third kappa shape index (κ3) is 2.16. The summed E-state index contributed by atoms with van der Waals surface area (Å²) in [6.07, 6.45) is 0.156. The highest BCUT2D eigenvalue weighted by Crippen LogP contribution is 2.24. The molecule has 2 aromatic rings. The molecule has 1 N–H and O–H groups in total. The van der Waals surface area contributed by atoms with E-state index in [1.807, 2.05) is 48.5 Å². The minimum Gasteiger partial charge on any atom is -0.388 e. The molecule has 0 fully saturated rings. The molecule has 3 rings (SSSR count). The van der Waals surface area contributed by atoms with Crippen LogP contribution in [0, 0.1) is 11.8 Å². The van der Waals surface area contributed by atoms with Crippen molar-refractivity contribution in [3.8, 4) is 11.8 Å². The predicted molar refractivity (Wildman–Crippen MR) is 74.3 cm³/mol. The van der Waals surface area contributed by atoms with Crippen LogP contribution in [-0.4, -0.2) is 5.11 Å². The summed E-state index contributed by atoms with van der Waals surface area (Å²) in [6.45, 7) is 0. The fourth-order valence-electron chi connectivity index (χ4n) is 2.17. The van der Waals surface area contributed by atoms with Crippen LogP contribution in [-0.2, 0) is 6.42 Å². The lowest BCUT2D eigenvalue weighted by Gasteiger charge is -2.16.